The van der Waals surface area contributed by atoms with Crippen molar-refractivity contribution in [1.82, 2.24) is 0 Å². The molecule has 5 heteroatoms. The highest BCUT2D eigenvalue weighted by atomic mass is 32.2. The first-order valence-corrected chi connectivity index (χ1v) is 9.83. The van der Waals surface area contributed by atoms with Gasteiger partial charge in [0.25, 0.3) is 0 Å². The van der Waals surface area contributed by atoms with Crippen LogP contribution in [0.5, 0.6) is 0 Å². The highest BCUT2D eigenvalue weighted by molar-refractivity contribution is 8.00. The molecule has 1 fully saturated rings. The van der Waals surface area contributed by atoms with Gasteiger partial charge in [-0.3, -0.25) is 14.5 Å². The molecule has 26 heavy (non-hydrogen) atoms. The van der Waals surface area contributed by atoms with Gasteiger partial charge in [-0.1, -0.05) is 32.0 Å². The Morgan fingerprint density at radius 2 is 1.92 bits per heavy atom. The molecule has 2 amide bonds. The van der Waals surface area contributed by atoms with Crippen molar-refractivity contribution in [3.05, 3.63) is 59.2 Å². The van der Waals surface area contributed by atoms with Gasteiger partial charge in [-0.05, 0) is 54.8 Å². The predicted octanol–water partition coefficient (Wildman–Crippen LogP) is 4.68. The van der Waals surface area contributed by atoms with E-state index >= 15 is 0 Å². The molecule has 1 aliphatic heterocycles. The number of benzene rings is 2. The van der Waals surface area contributed by atoms with E-state index in [0.717, 1.165) is 16.9 Å². The molecule has 1 heterocycles. The van der Waals surface area contributed by atoms with E-state index in [2.05, 4.69) is 31.3 Å². The molecule has 4 nitrogen and oxygen atoms in total. The normalized spacial score (nSPS) is 17.0. The van der Waals surface area contributed by atoms with Crippen molar-refractivity contribution in [2.24, 2.45) is 5.92 Å². The number of nitrogens with zero attached hydrogens (tertiary/aromatic N) is 1. The van der Waals surface area contributed by atoms with Crippen LogP contribution >= 0.6 is 11.8 Å². The lowest BCUT2D eigenvalue weighted by atomic mass is 10.1. The van der Waals surface area contributed by atoms with Crippen molar-refractivity contribution in [3.8, 4) is 0 Å². The van der Waals surface area contributed by atoms with Crippen molar-refractivity contribution in [2.45, 2.75) is 33.1 Å². The second kappa shape index (κ2) is 7.54. The molecule has 1 saturated heterocycles. The van der Waals surface area contributed by atoms with E-state index in [1.165, 1.54) is 11.1 Å². The molecule has 0 bridgehead atoms. The van der Waals surface area contributed by atoms with Crippen molar-refractivity contribution < 1.29 is 9.59 Å². The van der Waals surface area contributed by atoms with E-state index in [0.29, 0.717) is 5.75 Å². The van der Waals surface area contributed by atoms with Crippen LogP contribution in [0.25, 0.3) is 0 Å². The molecule has 1 unspecified atom stereocenters. The molecule has 0 aliphatic carbocycles. The maximum atomic E-state index is 12.5. The Morgan fingerprint density at radius 3 is 2.62 bits per heavy atom. The summed E-state index contributed by atoms with van der Waals surface area (Å²) in [5, 5.41) is 2.85. The van der Waals surface area contributed by atoms with Crippen LogP contribution in [0.15, 0.2) is 42.5 Å². The van der Waals surface area contributed by atoms with Gasteiger partial charge in [0.2, 0.25) is 11.8 Å². The van der Waals surface area contributed by atoms with Crippen LogP contribution in [0.3, 0.4) is 0 Å². The molecule has 1 aliphatic rings. The van der Waals surface area contributed by atoms with Crippen LogP contribution in [-0.4, -0.2) is 17.6 Å². The lowest BCUT2D eigenvalue weighted by Crippen LogP contribution is -2.28. The Morgan fingerprint density at radius 1 is 1.15 bits per heavy atom. The summed E-state index contributed by atoms with van der Waals surface area (Å²) in [5.41, 5.74) is 5.08. The number of carbonyl (C=O) groups excluding carboxylic acids is 2. The quantitative estimate of drug-likeness (QED) is 0.853. The summed E-state index contributed by atoms with van der Waals surface area (Å²) in [4.78, 5) is 26.4. The Bertz CT molecular complexity index is 848. The molecule has 1 N–H and O–H groups in total. The van der Waals surface area contributed by atoms with E-state index in [9.17, 15) is 9.59 Å². The first-order chi connectivity index (χ1) is 12.4. The summed E-state index contributed by atoms with van der Waals surface area (Å²) in [6.07, 6.45) is 0. The summed E-state index contributed by atoms with van der Waals surface area (Å²) >= 11 is 1.61. The lowest BCUT2D eigenvalue weighted by Gasteiger charge is -2.25. The molecule has 3 rings (SSSR count). The van der Waals surface area contributed by atoms with Crippen LogP contribution < -0.4 is 10.2 Å². The van der Waals surface area contributed by atoms with E-state index in [-0.39, 0.29) is 23.1 Å². The van der Waals surface area contributed by atoms with Crippen molar-refractivity contribution in [1.29, 1.82) is 0 Å². The summed E-state index contributed by atoms with van der Waals surface area (Å²) in [6.45, 7) is 7.86. The van der Waals surface area contributed by atoms with Gasteiger partial charge in [0.15, 0.2) is 0 Å². The van der Waals surface area contributed by atoms with Gasteiger partial charge in [0.1, 0.15) is 5.37 Å². The predicted molar refractivity (Wildman–Crippen MR) is 109 cm³/mol. The largest absolute Gasteiger partial charge is 0.326 e. The summed E-state index contributed by atoms with van der Waals surface area (Å²) in [7, 11) is 0. The maximum absolute atomic E-state index is 12.5. The van der Waals surface area contributed by atoms with Crippen molar-refractivity contribution in [3.63, 3.8) is 0 Å². The van der Waals surface area contributed by atoms with Crippen molar-refractivity contribution in [2.75, 3.05) is 16.0 Å². The molecule has 1 atom stereocenters. The minimum absolute atomic E-state index is 0.0108. The third-order valence-electron chi connectivity index (χ3n) is 4.60. The average molecular weight is 369 g/mol. The SMILES string of the molecule is Cc1ccc(N2C(=O)CSC2c2cccc(NC(=O)C(C)C)c2)cc1C. The van der Waals surface area contributed by atoms with E-state index in [1.807, 2.05) is 49.1 Å². The second-order valence-corrected chi connectivity index (χ2v) is 8.03. The Balaban J connectivity index is 1.91. The summed E-state index contributed by atoms with van der Waals surface area (Å²) in [6, 6.07) is 13.9. The first kappa shape index (κ1) is 18.5. The third-order valence-corrected chi connectivity index (χ3v) is 5.81. The van der Waals surface area contributed by atoms with Crippen molar-refractivity contribution >= 4 is 35.0 Å². The number of hydrogen-bond acceptors (Lipinski definition) is 3. The molecule has 0 spiro atoms. The maximum Gasteiger partial charge on any atom is 0.238 e. The molecule has 2 aromatic carbocycles. The summed E-state index contributed by atoms with van der Waals surface area (Å²) < 4.78 is 0. The molecule has 136 valence electrons. The second-order valence-electron chi connectivity index (χ2n) is 6.97. The molecule has 0 aromatic heterocycles. The average Bonchev–Trinajstić information content (AvgIpc) is 2.99. The standard InChI is InChI=1S/C21H24N2O2S/c1-13(2)20(25)22-17-7-5-6-16(11-17)21-23(19(24)12-26-21)18-9-8-14(3)15(4)10-18/h5-11,13,21H,12H2,1-4H3,(H,22,25). The third kappa shape index (κ3) is 3.78. The van der Waals surface area contributed by atoms with Gasteiger partial charge >= 0.3 is 0 Å². The minimum atomic E-state index is -0.0829. The number of aryl methyl sites for hydroxylation is 2. The number of thioether (sulfide) groups is 1. The van der Waals surface area contributed by atoms with E-state index in [1.54, 1.807) is 11.8 Å². The Hall–Kier alpha value is -2.27. The van der Waals surface area contributed by atoms with Gasteiger partial charge in [0.05, 0.1) is 5.75 Å². The van der Waals surface area contributed by atoms with E-state index in [4.69, 9.17) is 0 Å². The topological polar surface area (TPSA) is 49.4 Å². The summed E-state index contributed by atoms with van der Waals surface area (Å²) in [5.74, 6) is 0.483. The Labute approximate surface area is 159 Å². The monoisotopic (exact) mass is 368 g/mol. The lowest BCUT2D eigenvalue weighted by molar-refractivity contribution is -0.119. The highest BCUT2D eigenvalue weighted by Gasteiger charge is 2.34. The fourth-order valence-corrected chi connectivity index (χ4v) is 4.05. The van der Waals surface area contributed by atoms with Crippen LogP contribution in [0.1, 0.15) is 35.9 Å². The molecule has 0 saturated carbocycles. The molecular weight excluding hydrogens is 344 g/mol. The smallest absolute Gasteiger partial charge is 0.238 e. The van der Waals surface area contributed by atoms with Crippen LogP contribution in [0.2, 0.25) is 0 Å². The first-order valence-electron chi connectivity index (χ1n) is 8.78. The fraction of sp³-hybridized carbons (Fsp3) is 0.333. The van der Waals surface area contributed by atoms with Gasteiger partial charge in [-0.15, -0.1) is 11.8 Å². The number of nitrogens with one attached hydrogen (secondary N) is 1. The van der Waals surface area contributed by atoms with Gasteiger partial charge in [-0.25, -0.2) is 0 Å². The zero-order valence-electron chi connectivity index (χ0n) is 15.6. The number of rotatable bonds is 4. The number of carbonyl (C=O) groups is 2. The van der Waals surface area contributed by atoms with Gasteiger partial charge < -0.3 is 5.32 Å². The fourth-order valence-electron chi connectivity index (χ4n) is 2.88. The number of anilines is 2. The molecule has 0 radical (unpaired) electrons. The van der Waals surface area contributed by atoms with Gasteiger partial charge in [0, 0.05) is 17.3 Å². The Kier molecular flexibility index (Phi) is 5.37. The molecular formula is C21H24N2O2S. The molecule has 2 aromatic rings. The zero-order chi connectivity index (χ0) is 18.8. The van der Waals surface area contributed by atoms with Crippen LogP contribution in [0.4, 0.5) is 11.4 Å². The number of amides is 2. The van der Waals surface area contributed by atoms with Crippen LogP contribution in [-0.2, 0) is 9.59 Å². The van der Waals surface area contributed by atoms with Crippen LogP contribution in [0, 0.1) is 19.8 Å². The minimum Gasteiger partial charge on any atom is -0.326 e. The zero-order valence-corrected chi connectivity index (χ0v) is 16.4. The van der Waals surface area contributed by atoms with E-state index < -0.39 is 0 Å². The number of hydrogen-bond donors (Lipinski definition) is 1. The van der Waals surface area contributed by atoms with Gasteiger partial charge in [-0.2, -0.15) is 0 Å². The highest BCUT2D eigenvalue weighted by Crippen LogP contribution is 2.42.